The second-order valence-electron chi connectivity index (χ2n) is 5.98. The van der Waals surface area contributed by atoms with E-state index in [-0.39, 0.29) is 18.3 Å². The third-order valence-corrected chi connectivity index (χ3v) is 3.57. The number of β-amino-alcohol motifs (C(OH)–C–C–N with tert-alkyl or cyclic N) is 1. The summed E-state index contributed by atoms with van der Waals surface area (Å²) in [5, 5.41) is 13.3. The Labute approximate surface area is 125 Å². The van der Waals surface area contributed by atoms with Crippen molar-refractivity contribution in [1.82, 2.24) is 5.32 Å². The smallest absolute Gasteiger partial charge is 0.227 e. The van der Waals surface area contributed by atoms with E-state index in [2.05, 4.69) is 19.2 Å². The number of carbonyl (C=O) groups excluding carboxylic acids is 1. The van der Waals surface area contributed by atoms with Gasteiger partial charge in [0.05, 0.1) is 12.6 Å². The fourth-order valence-electron chi connectivity index (χ4n) is 2.54. The summed E-state index contributed by atoms with van der Waals surface area (Å²) in [6.45, 7) is 5.70. The van der Waals surface area contributed by atoms with Gasteiger partial charge in [0.1, 0.15) is 5.82 Å². The van der Waals surface area contributed by atoms with Crippen LogP contribution in [0, 0.1) is 11.7 Å². The molecule has 0 radical (unpaired) electrons. The molecule has 0 saturated carbocycles. The Bertz CT molecular complexity index is 505. The predicted molar refractivity (Wildman–Crippen MR) is 80.8 cm³/mol. The van der Waals surface area contributed by atoms with E-state index < -0.39 is 6.10 Å². The van der Waals surface area contributed by atoms with Crippen molar-refractivity contribution < 1.29 is 14.3 Å². The number of carbonyl (C=O) groups is 1. The van der Waals surface area contributed by atoms with Crippen LogP contribution in [0.2, 0.25) is 0 Å². The molecule has 0 aromatic heterocycles. The third-order valence-electron chi connectivity index (χ3n) is 3.57. The number of amides is 1. The zero-order valence-electron chi connectivity index (χ0n) is 12.6. The van der Waals surface area contributed by atoms with E-state index in [9.17, 15) is 14.3 Å². The molecule has 21 heavy (non-hydrogen) atoms. The number of fused-ring (bicyclic) bond motifs is 1. The molecule has 1 amide bonds. The molecule has 4 nitrogen and oxygen atoms in total. The summed E-state index contributed by atoms with van der Waals surface area (Å²) in [5.74, 6) is 0.205. The van der Waals surface area contributed by atoms with Crippen molar-refractivity contribution in [3.05, 3.63) is 29.6 Å². The van der Waals surface area contributed by atoms with Crippen molar-refractivity contribution in [3.63, 3.8) is 0 Å². The minimum absolute atomic E-state index is 0.0167. The molecule has 0 spiro atoms. The molecule has 0 bridgehead atoms. The first kappa shape index (κ1) is 15.9. The lowest BCUT2D eigenvalue weighted by molar-refractivity contribution is -0.119. The Hall–Kier alpha value is -1.46. The molecule has 0 aliphatic carbocycles. The topological polar surface area (TPSA) is 52.6 Å². The lowest BCUT2D eigenvalue weighted by atomic mass is 10.0. The van der Waals surface area contributed by atoms with Crippen molar-refractivity contribution in [2.45, 2.75) is 32.8 Å². The minimum atomic E-state index is -0.635. The van der Waals surface area contributed by atoms with Gasteiger partial charge in [-0.25, -0.2) is 4.39 Å². The number of benzene rings is 1. The van der Waals surface area contributed by atoms with Gasteiger partial charge in [0.15, 0.2) is 0 Å². The van der Waals surface area contributed by atoms with Crippen LogP contribution in [0.4, 0.5) is 10.1 Å². The summed E-state index contributed by atoms with van der Waals surface area (Å²) in [7, 11) is 0. The number of nitrogens with one attached hydrogen (secondary N) is 1. The summed E-state index contributed by atoms with van der Waals surface area (Å²) in [4.78, 5) is 13.6. The van der Waals surface area contributed by atoms with Crippen molar-refractivity contribution in [2.24, 2.45) is 5.92 Å². The van der Waals surface area contributed by atoms with Gasteiger partial charge in [-0.15, -0.1) is 0 Å². The fourth-order valence-corrected chi connectivity index (χ4v) is 2.54. The van der Waals surface area contributed by atoms with Crippen molar-refractivity contribution >= 4 is 11.6 Å². The standard InChI is InChI=1S/C16H23FN2O2/c1-11(2)8-18-9-14(20)10-19-15-5-4-13(17)7-12(15)3-6-16(19)21/h4-5,7,11,14,18,20H,3,6,8-10H2,1-2H3. The van der Waals surface area contributed by atoms with Crippen LogP contribution in [0.1, 0.15) is 25.8 Å². The average molecular weight is 294 g/mol. The van der Waals surface area contributed by atoms with Crippen LogP contribution in [0.15, 0.2) is 18.2 Å². The number of aliphatic hydroxyl groups excluding tert-OH is 1. The van der Waals surface area contributed by atoms with Crippen LogP contribution in [-0.2, 0) is 11.2 Å². The van der Waals surface area contributed by atoms with Crippen molar-refractivity contribution in [1.29, 1.82) is 0 Å². The van der Waals surface area contributed by atoms with Crippen LogP contribution in [-0.4, -0.2) is 36.8 Å². The summed E-state index contributed by atoms with van der Waals surface area (Å²) in [6, 6.07) is 4.45. The Balaban J connectivity index is 2.01. The maximum atomic E-state index is 13.3. The number of hydrogen-bond donors (Lipinski definition) is 2. The first-order valence-electron chi connectivity index (χ1n) is 7.45. The number of aliphatic hydroxyl groups is 1. The van der Waals surface area contributed by atoms with Crippen LogP contribution >= 0.6 is 0 Å². The summed E-state index contributed by atoms with van der Waals surface area (Å²) in [5.41, 5.74) is 1.55. The molecule has 1 unspecified atom stereocenters. The highest BCUT2D eigenvalue weighted by molar-refractivity contribution is 5.96. The Morgan fingerprint density at radius 1 is 1.33 bits per heavy atom. The monoisotopic (exact) mass is 294 g/mol. The van der Waals surface area contributed by atoms with E-state index in [0.717, 1.165) is 17.8 Å². The first-order chi connectivity index (χ1) is 9.97. The maximum absolute atomic E-state index is 13.3. The van der Waals surface area contributed by atoms with Gasteiger partial charge >= 0.3 is 0 Å². The van der Waals surface area contributed by atoms with Crippen molar-refractivity contribution in [3.8, 4) is 0 Å². The molecule has 1 heterocycles. The summed E-state index contributed by atoms with van der Waals surface area (Å²) in [6.07, 6.45) is 0.288. The summed E-state index contributed by atoms with van der Waals surface area (Å²) >= 11 is 0. The molecule has 2 N–H and O–H groups in total. The molecular weight excluding hydrogens is 271 g/mol. The van der Waals surface area contributed by atoms with E-state index in [1.165, 1.54) is 12.1 Å². The number of rotatable bonds is 6. The van der Waals surface area contributed by atoms with E-state index >= 15 is 0 Å². The van der Waals surface area contributed by atoms with Gasteiger partial charge in [0.2, 0.25) is 5.91 Å². The predicted octanol–water partition coefficient (Wildman–Crippen LogP) is 1.71. The molecule has 1 aliphatic heterocycles. The van der Waals surface area contributed by atoms with Gasteiger partial charge in [-0.2, -0.15) is 0 Å². The van der Waals surface area contributed by atoms with Crippen LogP contribution in [0.5, 0.6) is 0 Å². The van der Waals surface area contributed by atoms with Gasteiger partial charge in [-0.05, 0) is 42.6 Å². The van der Waals surface area contributed by atoms with E-state index in [4.69, 9.17) is 0 Å². The van der Waals surface area contributed by atoms with Gasteiger partial charge < -0.3 is 15.3 Å². The van der Waals surface area contributed by atoms with Crippen LogP contribution < -0.4 is 10.2 Å². The molecule has 116 valence electrons. The lowest BCUT2D eigenvalue weighted by Crippen LogP contribution is -2.44. The van der Waals surface area contributed by atoms with E-state index in [1.807, 2.05) is 0 Å². The van der Waals surface area contributed by atoms with E-state index in [1.54, 1.807) is 11.0 Å². The van der Waals surface area contributed by atoms with Gasteiger partial charge in [-0.3, -0.25) is 4.79 Å². The first-order valence-corrected chi connectivity index (χ1v) is 7.45. The SMILES string of the molecule is CC(C)CNCC(O)CN1C(=O)CCc2cc(F)ccc21. The fraction of sp³-hybridized carbons (Fsp3) is 0.562. The molecular formula is C16H23FN2O2. The number of aryl methyl sites for hydroxylation is 1. The third kappa shape index (κ3) is 4.25. The van der Waals surface area contributed by atoms with Gasteiger partial charge in [0.25, 0.3) is 0 Å². The van der Waals surface area contributed by atoms with Gasteiger partial charge in [-0.1, -0.05) is 13.8 Å². The second-order valence-corrected chi connectivity index (χ2v) is 5.98. The molecule has 2 rings (SSSR count). The van der Waals surface area contributed by atoms with Crippen LogP contribution in [0.25, 0.3) is 0 Å². The highest BCUT2D eigenvalue weighted by Crippen LogP contribution is 2.28. The normalized spacial score (nSPS) is 16.2. The van der Waals surface area contributed by atoms with Crippen molar-refractivity contribution in [2.75, 3.05) is 24.5 Å². The number of hydrogen-bond acceptors (Lipinski definition) is 3. The van der Waals surface area contributed by atoms with E-state index in [0.29, 0.717) is 25.3 Å². The highest BCUT2D eigenvalue weighted by atomic mass is 19.1. The molecule has 1 aromatic carbocycles. The second kappa shape index (κ2) is 7.00. The highest BCUT2D eigenvalue weighted by Gasteiger charge is 2.26. The number of anilines is 1. The maximum Gasteiger partial charge on any atom is 0.227 e. The average Bonchev–Trinajstić information content (AvgIpc) is 2.41. The molecule has 0 saturated heterocycles. The lowest BCUT2D eigenvalue weighted by Gasteiger charge is -2.31. The molecule has 0 fully saturated rings. The number of halogens is 1. The van der Waals surface area contributed by atoms with Crippen LogP contribution in [0.3, 0.4) is 0 Å². The molecule has 1 aromatic rings. The minimum Gasteiger partial charge on any atom is -0.390 e. The Morgan fingerprint density at radius 3 is 2.81 bits per heavy atom. The molecule has 1 aliphatic rings. The summed E-state index contributed by atoms with van der Waals surface area (Å²) < 4.78 is 13.3. The quantitative estimate of drug-likeness (QED) is 0.840. The zero-order valence-corrected chi connectivity index (χ0v) is 12.6. The Kier molecular flexibility index (Phi) is 5.31. The zero-order chi connectivity index (χ0) is 15.4. The van der Waals surface area contributed by atoms with Gasteiger partial charge in [0, 0.05) is 18.7 Å². The number of nitrogens with zero attached hydrogens (tertiary/aromatic N) is 1. The largest absolute Gasteiger partial charge is 0.390 e. The molecule has 1 atom stereocenters. The Morgan fingerprint density at radius 2 is 2.10 bits per heavy atom. The molecule has 5 heteroatoms.